The van der Waals surface area contributed by atoms with Crippen molar-refractivity contribution in [2.24, 2.45) is 0 Å². The molecule has 1 heterocycles. The molecule has 1 nitrogen and oxygen atoms in total. The first-order valence-corrected chi connectivity index (χ1v) is 8.23. The summed E-state index contributed by atoms with van der Waals surface area (Å²) in [5, 5.41) is 3.44. The summed E-state index contributed by atoms with van der Waals surface area (Å²) >= 11 is 5.48. The normalized spacial score (nSPS) is 12.9. The minimum Gasteiger partial charge on any atom is -0.312 e. The molecule has 3 heteroatoms. The topological polar surface area (TPSA) is 12.0 Å². The standard InChI is InChI=1S/C14H24BrNS/c1-4-5-6-7-8-9-12(16-3)13-10-11(2)14(15)17-13/h10,12,16H,4-9H2,1-3H3. The number of rotatable bonds is 8. The maximum Gasteiger partial charge on any atom is 0.0731 e. The average molecular weight is 318 g/mol. The van der Waals surface area contributed by atoms with E-state index in [2.05, 4.69) is 48.2 Å². The summed E-state index contributed by atoms with van der Waals surface area (Å²) in [6.07, 6.45) is 8.06. The third-order valence-electron chi connectivity index (χ3n) is 3.16. The molecule has 17 heavy (non-hydrogen) atoms. The molecule has 1 aromatic rings. The molecular weight excluding hydrogens is 294 g/mol. The van der Waals surface area contributed by atoms with Gasteiger partial charge in [0.05, 0.1) is 3.79 Å². The maximum absolute atomic E-state index is 3.61. The molecule has 1 rings (SSSR count). The molecule has 0 aliphatic heterocycles. The second-order valence-corrected chi connectivity index (χ2v) is 7.05. The van der Waals surface area contributed by atoms with Crippen LogP contribution in [-0.2, 0) is 0 Å². The van der Waals surface area contributed by atoms with E-state index in [-0.39, 0.29) is 0 Å². The van der Waals surface area contributed by atoms with Crippen LogP contribution in [-0.4, -0.2) is 7.05 Å². The summed E-state index contributed by atoms with van der Waals surface area (Å²) in [7, 11) is 2.07. The smallest absolute Gasteiger partial charge is 0.0731 e. The van der Waals surface area contributed by atoms with Crippen LogP contribution >= 0.6 is 27.3 Å². The molecule has 0 radical (unpaired) electrons. The van der Waals surface area contributed by atoms with Crippen molar-refractivity contribution in [3.8, 4) is 0 Å². The van der Waals surface area contributed by atoms with E-state index < -0.39 is 0 Å². The summed E-state index contributed by atoms with van der Waals surface area (Å²) in [6, 6.07) is 2.84. The van der Waals surface area contributed by atoms with Crippen molar-refractivity contribution in [3.05, 3.63) is 20.3 Å². The highest BCUT2D eigenvalue weighted by atomic mass is 79.9. The van der Waals surface area contributed by atoms with Gasteiger partial charge < -0.3 is 5.32 Å². The number of nitrogens with one attached hydrogen (secondary N) is 1. The predicted octanol–water partition coefficient (Wildman–Crippen LogP) is 5.44. The van der Waals surface area contributed by atoms with Crippen molar-refractivity contribution in [1.29, 1.82) is 0 Å². The van der Waals surface area contributed by atoms with Gasteiger partial charge in [-0.05, 0) is 48.0 Å². The molecule has 0 saturated carbocycles. The summed E-state index contributed by atoms with van der Waals surface area (Å²) in [5.74, 6) is 0. The minimum absolute atomic E-state index is 0.534. The van der Waals surface area contributed by atoms with Crippen LogP contribution in [0, 0.1) is 6.92 Å². The van der Waals surface area contributed by atoms with Gasteiger partial charge in [0, 0.05) is 10.9 Å². The lowest BCUT2D eigenvalue weighted by atomic mass is 10.1. The Bertz CT molecular complexity index is 303. The summed E-state index contributed by atoms with van der Waals surface area (Å²) in [6.45, 7) is 4.43. The Balaban J connectivity index is 2.38. The van der Waals surface area contributed by atoms with E-state index in [0.29, 0.717) is 6.04 Å². The van der Waals surface area contributed by atoms with E-state index in [4.69, 9.17) is 0 Å². The molecule has 0 fully saturated rings. The van der Waals surface area contributed by atoms with Gasteiger partial charge in [0.15, 0.2) is 0 Å². The van der Waals surface area contributed by atoms with Crippen LogP contribution in [0.1, 0.15) is 61.9 Å². The van der Waals surface area contributed by atoms with Crippen molar-refractivity contribution in [2.75, 3.05) is 7.05 Å². The van der Waals surface area contributed by atoms with Gasteiger partial charge in [-0.2, -0.15) is 0 Å². The van der Waals surface area contributed by atoms with Crippen LogP contribution in [0.4, 0.5) is 0 Å². The summed E-state index contributed by atoms with van der Waals surface area (Å²) in [4.78, 5) is 1.47. The zero-order valence-electron chi connectivity index (χ0n) is 11.2. The lowest BCUT2D eigenvalue weighted by molar-refractivity contribution is 0.506. The molecule has 0 bridgehead atoms. The highest BCUT2D eigenvalue weighted by Crippen LogP contribution is 2.33. The zero-order valence-corrected chi connectivity index (χ0v) is 13.6. The van der Waals surface area contributed by atoms with E-state index in [1.165, 1.54) is 52.8 Å². The van der Waals surface area contributed by atoms with Gasteiger partial charge >= 0.3 is 0 Å². The fraction of sp³-hybridized carbons (Fsp3) is 0.714. The number of halogens is 1. The van der Waals surface area contributed by atoms with Crippen molar-refractivity contribution in [2.45, 2.75) is 58.4 Å². The fourth-order valence-corrected chi connectivity index (χ4v) is 3.75. The Morgan fingerprint density at radius 2 is 2.00 bits per heavy atom. The molecule has 0 aliphatic carbocycles. The maximum atomic E-state index is 3.61. The fourth-order valence-electron chi connectivity index (χ4n) is 2.04. The zero-order chi connectivity index (χ0) is 12.7. The SMILES string of the molecule is CCCCCCCC(NC)c1cc(C)c(Br)s1. The number of unbranched alkanes of at least 4 members (excludes halogenated alkanes) is 4. The van der Waals surface area contributed by atoms with E-state index >= 15 is 0 Å². The Hall–Kier alpha value is 0.140. The van der Waals surface area contributed by atoms with Crippen LogP contribution in [0.3, 0.4) is 0 Å². The molecule has 1 aromatic heterocycles. The Morgan fingerprint density at radius 1 is 1.29 bits per heavy atom. The van der Waals surface area contributed by atoms with Gasteiger partial charge in [-0.1, -0.05) is 39.0 Å². The third-order valence-corrected chi connectivity index (χ3v) is 5.41. The van der Waals surface area contributed by atoms with Gasteiger partial charge in [-0.25, -0.2) is 0 Å². The Labute approximate surface area is 118 Å². The molecule has 0 spiro atoms. The minimum atomic E-state index is 0.534. The quantitative estimate of drug-likeness (QED) is 0.629. The molecule has 0 amide bonds. The molecule has 0 saturated heterocycles. The first-order valence-electron chi connectivity index (χ1n) is 6.62. The highest BCUT2D eigenvalue weighted by molar-refractivity contribution is 9.11. The largest absolute Gasteiger partial charge is 0.312 e. The van der Waals surface area contributed by atoms with Gasteiger partial charge in [0.1, 0.15) is 0 Å². The van der Waals surface area contributed by atoms with Gasteiger partial charge in [0.25, 0.3) is 0 Å². The number of thiophene rings is 1. The van der Waals surface area contributed by atoms with Crippen molar-refractivity contribution in [1.82, 2.24) is 5.32 Å². The van der Waals surface area contributed by atoms with Crippen LogP contribution < -0.4 is 5.32 Å². The molecule has 1 N–H and O–H groups in total. The number of aryl methyl sites for hydroxylation is 1. The Kier molecular flexibility index (Phi) is 7.40. The van der Waals surface area contributed by atoms with E-state index in [1.807, 2.05) is 11.3 Å². The van der Waals surface area contributed by atoms with Crippen molar-refractivity contribution < 1.29 is 0 Å². The van der Waals surface area contributed by atoms with E-state index in [9.17, 15) is 0 Å². The van der Waals surface area contributed by atoms with E-state index in [1.54, 1.807) is 0 Å². The first-order chi connectivity index (χ1) is 8.19. The predicted molar refractivity (Wildman–Crippen MR) is 81.9 cm³/mol. The molecule has 0 aliphatic rings. The van der Waals surface area contributed by atoms with Crippen LogP contribution in [0.15, 0.2) is 9.85 Å². The third kappa shape index (κ3) is 5.11. The summed E-state index contributed by atoms with van der Waals surface area (Å²) < 4.78 is 1.28. The lowest BCUT2D eigenvalue weighted by Crippen LogP contribution is -2.14. The van der Waals surface area contributed by atoms with Crippen LogP contribution in [0.5, 0.6) is 0 Å². The van der Waals surface area contributed by atoms with Gasteiger partial charge in [-0.3, -0.25) is 0 Å². The number of hydrogen-bond donors (Lipinski definition) is 1. The second-order valence-electron chi connectivity index (χ2n) is 4.65. The van der Waals surface area contributed by atoms with E-state index in [0.717, 1.165) is 0 Å². The Morgan fingerprint density at radius 3 is 2.53 bits per heavy atom. The van der Waals surface area contributed by atoms with Crippen LogP contribution in [0.25, 0.3) is 0 Å². The number of hydrogen-bond acceptors (Lipinski definition) is 2. The second kappa shape index (κ2) is 8.28. The molecular formula is C14H24BrNS. The molecule has 98 valence electrons. The molecule has 0 aromatic carbocycles. The van der Waals surface area contributed by atoms with Gasteiger partial charge in [-0.15, -0.1) is 11.3 Å². The lowest BCUT2D eigenvalue weighted by Gasteiger charge is -2.14. The van der Waals surface area contributed by atoms with Crippen molar-refractivity contribution >= 4 is 27.3 Å². The summed E-state index contributed by atoms with van der Waals surface area (Å²) in [5.41, 5.74) is 1.36. The molecule has 1 unspecified atom stereocenters. The molecule has 1 atom stereocenters. The average Bonchev–Trinajstić information content (AvgIpc) is 2.64. The first kappa shape index (κ1) is 15.2. The monoisotopic (exact) mass is 317 g/mol. The highest BCUT2D eigenvalue weighted by Gasteiger charge is 2.12. The van der Waals surface area contributed by atoms with Crippen molar-refractivity contribution in [3.63, 3.8) is 0 Å². The van der Waals surface area contributed by atoms with Crippen LogP contribution in [0.2, 0.25) is 0 Å². The van der Waals surface area contributed by atoms with Gasteiger partial charge in [0.2, 0.25) is 0 Å².